The number of nitrogens with one attached hydrogen (secondary N) is 1. The number of hydrogen-bond acceptors (Lipinski definition) is 4. The molecule has 3 rings (SSSR count). The molecule has 0 aliphatic carbocycles. The number of benzene rings is 1. The lowest BCUT2D eigenvalue weighted by atomic mass is 10.2. The Hall–Kier alpha value is -1.68. The Kier molecular flexibility index (Phi) is 2.88. The second kappa shape index (κ2) is 4.53. The van der Waals surface area contributed by atoms with Crippen LogP contribution >= 0.6 is 11.3 Å². The van der Waals surface area contributed by atoms with Gasteiger partial charge in [0.05, 0.1) is 15.2 Å². The minimum Gasteiger partial charge on any atom is -0.371 e. The monoisotopic (exact) mass is 257 g/mol. The molecule has 0 saturated heterocycles. The van der Waals surface area contributed by atoms with E-state index >= 15 is 0 Å². The van der Waals surface area contributed by atoms with Crippen molar-refractivity contribution >= 4 is 38.3 Å². The van der Waals surface area contributed by atoms with Crippen molar-refractivity contribution in [2.75, 3.05) is 12.4 Å². The van der Waals surface area contributed by atoms with E-state index < -0.39 is 0 Å². The molecule has 0 atom stereocenters. The molecular formula is C14H15N3S. The number of pyridine rings is 1. The highest BCUT2D eigenvalue weighted by molar-refractivity contribution is 7.19. The van der Waals surface area contributed by atoms with E-state index in [9.17, 15) is 0 Å². The first kappa shape index (κ1) is 11.4. The fourth-order valence-corrected chi connectivity index (χ4v) is 3.34. The highest BCUT2D eigenvalue weighted by Gasteiger charge is 2.12. The zero-order valence-electron chi connectivity index (χ0n) is 10.5. The number of para-hydroxylation sites is 1. The number of hydrogen-bond donors (Lipinski definition) is 1. The van der Waals surface area contributed by atoms with Crippen molar-refractivity contribution in [3.63, 3.8) is 0 Å². The first-order chi connectivity index (χ1) is 8.83. The average Bonchev–Trinajstić information content (AvgIpc) is 2.82. The van der Waals surface area contributed by atoms with Crippen molar-refractivity contribution in [3.05, 3.63) is 29.3 Å². The Balaban J connectivity index is 2.37. The molecule has 0 unspecified atom stereocenters. The smallest absolute Gasteiger partial charge is 0.153 e. The summed E-state index contributed by atoms with van der Waals surface area (Å²) in [6.45, 7) is 2.18. The van der Waals surface area contributed by atoms with Gasteiger partial charge in [0.2, 0.25) is 0 Å². The van der Waals surface area contributed by atoms with Crippen molar-refractivity contribution in [2.24, 2.45) is 0 Å². The van der Waals surface area contributed by atoms with E-state index in [0.29, 0.717) is 0 Å². The summed E-state index contributed by atoms with van der Waals surface area (Å²) >= 11 is 1.79. The molecule has 1 aromatic carbocycles. The highest BCUT2D eigenvalue weighted by Crippen LogP contribution is 2.33. The molecule has 0 aliphatic rings. The minimum absolute atomic E-state index is 0.877. The second-order valence-corrected chi connectivity index (χ2v) is 5.35. The molecule has 0 fully saturated rings. The number of fused-ring (bicyclic) bond motifs is 3. The molecule has 0 radical (unpaired) electrons. The molecule has 3 aromatic rings. The van der Waals surface area contributed by atoms with Crippen LogP contribution < -0.4 is 5.32 Å². The van der Waals surface area contributed by atoms with Crippen LogP contribution in [0.25, 0.3) is 21.1 Å². The fraction of sp³-hybridized carbons (Fsp3) is 0.286. The van der Waals surface area contributed by atoms with E-state index in [1.54, 1.807) is 11.3 Å². The molecule has 3 nitrogen and oxygen atoms in total. The average molecular weight is 257 g/mol. The third-order valence-corrected chi connectivity index (χ3v) is 4.13. The lowest BCUT2D eigenvalue weighted by Gasteiger charge is -2.03. The lowest BCUT2D eigenvalue weighted by molar-refractivity contribution is 0.913. The Labute approximate surface area is 110 Å². The zero-order chi connectivity index (χ0) is 12.5. The van der Waals surface area contributed by atoms with Crippen LogP contribution in [0.2, 0.25) is 0 Å². The van der Waals surface area contributed by atoms with E-state index in [-0.39, 0.29) is 0 Å². The summed E-state index contributed by atoms with van der Waals surface area (Å²) in [5.41, 5.74) is 2.03. The molecule has 2 heterocycles. The summed E-state index contributed by atoms with van der Waals surface area (Å²) < 4.78 is 1.24. The Morgan fingerprint density at radius 1 is 1.22 bits per heavy atom. The van der Waals surface area contributed by atoms with Gasteiger partial charge >= 0.3 is 0 Å². The molecular weight excluding hydrogens is 242 g/mol. The molecule has 4 heteroatoms. The molecule has 1 N–H and O–H groups in total. The van der Waals surface area contributed by atoms with Crippen molar-refractivity contribution in [2.45, 2.75) is 19.8 Å². The van der Waals surface area contributed by atoms with E-state index in [1.807, 2.05) is 13.1 Å². The van der Waals surface area contributed by atoms with Crippen LogP contribution in [0.15, 0.2) is 24.3 Å². The third-order valence-electron chi connectivity index (χ3n) is 2.98. The Morgan fingerprint density at radius 2 is 2.06 bits per heavy atom. The van der Waals surface area contributed by atoms with Gasteiger partial charge in [-0.2, -0.15) is 0 Å². The maximum Gasteiger partial charge on any atom is 0.153 e. The molecule has 0 spiro atoms. The summed E-state index contributed by atoms with van der Waals surface area (Å²) in [6, 6.07) is 8.25. The van der Waals surface area contributed by atoms with Crippen molar-refractivity contribution in [1.29, 1.82) is 0 Å². The Morgan fingerprint density at radius 3 is 2.83 bits per heavy atom. The van der Waals surface area contributed by atoms with Gasteiger partial charge in [0.1, 0.15) is 5.52 Å². The summed E-state index contributed by atoms with van der Waals surface area (Å²) in [5, 5.41) is 5.55. The van der Waals surface area contributed by atoms with Gasteiger partial charge < -0.3 is 5.32 Å². The standard InChI is InChI=1S/C14H15N3S/c1-3-6-11-17-12-13(18-11)9-7-4-5-8-10(9)16-14(12)15-2/h4-5,7-8H,3,6H2,1-2H3,(H,15,16). The van der Waals surface area contributed by atoms with Crippen LogP contribution in [0, 0.1) is 0 Å². The summed E-state index contributed by atoms with van der Waals surface area (Å²) in [7, 11) is 1.90. The predicted octanol–water partition coefficient (Wildman–Crippen LogP) is 3.84. The van der Waals surface area contributed by atoms with E-state index in [1.165, 1.54) is 15.1 Å². The molecule has 0 saturated carbocycles. The van der Waals surface area contributed by atoms with Gasteiger partial charge in [-0.15, -0.1) is 11.3 Å². The van der Waals surface area contributed by atoms with Gasteiger partial charge in [-0.05, 0) is 18.9 Å². The first-order valence-corrected chi connectivity index (χ1v) is 7.01. The minimum atomic E-state index is 0.877. The van der Waals surface area contributed by atoms with Gasteiger partial charge in [0, 0.05) is 12.4 Å². The summed E-state index contributed by atoms with van der Waals surface area (Å²) in [5.74, 6) is 0.877. The highest BCUT2D eigenvalue weighted by atomic mass is 32.1. The van der Waals surface area contributed by atoms with E-state index in [2.05, 4.69) is 35.4 Å². The zero-order valence-corrected chi connectivity index (χ0v) is 11.3. The van der Waals surface area contributed by atoms with Crippen LogP contribution in [0.1, 0.15) is 18.4 Å². The van der Waals surface area contributed by atoms with Crippen LogP contribution in [-0.4, -0.2) is 17.0 Å². The molecule has 0 amide bonds. The predicted molar refractivity (Wildman–Crippen MR) is 78.5 cm³/mol. The van der Waals surface area contributed by atoms with Crippen LogP contribution in [0.4, 0.5) is 5.82 Å². The maximum absolute atomic E-state index is 4.72. The summed E-state index contributed by atoms with van der Waals surface area (Å²) in [4.78, 5) is 9.35. The normalized spacial score (nSPS) is 11.2. The molecule has 18 heavy (non-hydrogen) atoms. The van der Waals surface area contributed by atoms with Gasteiger partial charge in [0.25, 0.3) is 0 Å². The topological polar surface area (TPSA) is 37.8 Å². The second-order valence-electron chi connectivity index (χ2n) is 4.26. The van der Waals surface area contributed by atoms with Crippen LogP contribution in [0.5, 0.6) is 0 Å². The van der Waals surface area contributed by atoms with Gasteiger partial charge in [-0.3, -0.25) is 0 Å². The van der Waals surface area contributed by atoms with Crippen LogP contribution in [0.3, 0.4) is 0 Å². The number of aromatic nitrogens is 2. The van der Waals surface area contributed by atoms with E-state index in [0.717, 1.165) is 29.7 Å². The van der Waals surface area contributed by atoms with Gasteiger partial charge in [-0.25, -0.2) is 9.97 Å². The largest absolute Gasteiger partial charge is 0.371 e. The first-order valence-electron chi connectivity index (χ1n) is 6.19. The molecule has 2 aromatic heterocycles. The van der Waals surface area contributed by atoms with Crippen LogP contribution in [-0.2, 0) is 6.42 Å². The Bertz CT molecular complexity index is 703. The lowest BCUT2D eigenvalue weighted by Crippen LogP contribution is -1.94. The number of anilines is 1. The summed E-state index contributed by atoms with van der Waals surface area (Å²) in [6.07, 6.45) is 2.16. The number of thiazole rings is 1. The number of rotatable bonds is 3. The quantitative estimate of drug-likeness (QED) is 0.774. The van der Waals surface area contributed by atoms with E-state index in [4.69, 9.17) is 4.98 Å². The third kappa shape index (κ3) is 1.73. The van der Waals surface area contributed by atoms with Gasteiger partial charge in [0.15, 0.2) is 5.82 Å². The maximum atomic E-state index is 4.72. The van der Waals surface area contributed by atoms with Crippen molar-refractivity contribution in [3.8, 4) is 0 Å². The number of nitrogens with zero attached hydrogens (tertiary/aromatic N) is 2. The fourth-order valence-electron chi connectivity index (χ4n) is 2.14. The number of aryl methyl sites for hydroxylation is 1. The van der Waals surface area contributed by atoms with Crippen molar-refractivity contribution < 1.29 is 0 Å². The molecule has 0 bridgehead atoms. The molecule has 92 valence electrons. The van der Waals surface area contributed by atoms with Gasteiger partial charge in [-0.1, -0.05) is 25.1 Å². The molecule has 0 aliphatic heterocycles. The van der Waals surface area contributed by atoms with Crippen molar-refractivity contribution in [1.82, 2.24) is 9.97 Å². The SMILES string of the molecule is CCCc1nc2c(NC)nc3ccccc3c2s1.